The molecule has 0 spiro atoms. The van der Waals surface area contributed by atoms with E-state index in [1.54, 1.807) is 31.2 Å². The lowest BCUT2D eigenvalue weighted by Gasteiger charge is -2.26. The molecule has 1 aliphatic rings. The van der Waals surface area contributed by atoms with E-state index in [0.29, 0.717) is 29.7 Å². The van der Waals surface area contributed by atoms with Crippen molar-refractivity contribution in [2.24, 2.45) is 0 Å². The Morgan fingerprint density at radius 3 is 2.53 bits per heavy atom. The first kappa shape index (κ1) is 22.8. The second kappa shape index (κ2) is 9.53. The molecule has 0 saturated carbocycles. The number of anilines is 1. The largest absolute Gasteiger partial charge is 0.481 e. The molecule has 0 aromatic heterocycles. The molecular weight excluding hydrogens is 451 g/mol. The molecule has 1 unspecified atom stereocenters. The van der Waals surface area contributed by atoms with Gasteiger partial charge in [-0.3, -0.25) is 4.79 Å². The van der Waals surface area contributed by atoms with Crippen molar-refractivity contribution in [3.8, 4) is 5.75 Å². The molecule has 10 heteroatoms. The summed E-state index contributed by atoms with van der Waals surface area (Å²) in [5.41, 5.74) is 1.10. The molecule has 162 valence electrons. The zero-order chi connectivity index (χ0) is 21.9. The molecule has 30 heavy (non-hydrogen) atoms. The monoisotopic (exact) mass is 472 g/mol. The molecule has 0 bridgehead atoms. The summed E-state index contributed by atoms with van der Waals surface area (Å²) in [4.78, 5) is 12.5. The minimum Gasteiger partial charge on any atom is -0.481 e. The lowest BCUT2D eigenvalue weighted by molar-refractivity contribution is -0.122. The summed E-state index contributed by atoms with van der Waals surface area (Å²) < 4.78 is 38.1. The van der Waals surface area contributed by atoms with Crippen molar-refractivity contribution in [3.05, 3.63) is 52.0 Å². The highest BCUT2D eigenvalue weighted by molar-refractivity contribution is 7.89. The normalized spacial score (nSPS) is 16.1. The van der Waals surface area contributed by atoms with Gasteiger partial charge in [-0.15, -0.1) is 0 Å². The van der Waals surface area contributed by atoms with E-state index in [2.05, 4.69) is 5.32 Å². The number of amides is 1. The summed E-state index contributed by atoms with van der Waals surface area (Å²) in [5.74, 6) is 0.107. The molecular formula is C20H22Cl2N2O5S. The van der Waals surface area contributed by atoms with Gasteiger partial charge in [-0.25, -0.2) is 8.42 Å². The highest BCUT2D eigenvalue weighted by Crippen LogP contribution is 2.29. The number of nitrogens with one attached hydrogen (secondary N) is 1. The van der Waals surface area contributed by atoms with Crippen molar-refractivity contribution in [1.29, 1.82) is 0 Å². The van der Waals surface area contributed by atoms with Crippen LogP contribution in [0, 0.1) is 6.92 Å². The molecule has 1 atom stereocenters. The van der Waals surface area contributed by atoms with Crippen LogP contribution in [0.5, 0.6) is 5.75 Å². The topological polar surface area (TPSA) is 84.9 Å². The standard InChI is InChI=1S/C20H22Cl2N2O5S/c1-13-11-15(21)3-6-18(13)29-14(2)20(25)23-16-4-5-17(22)19(12-16)30(26,27)24-7-9-28-10-8-24/h3-6,11-12,14H,7-10H2,1-2H3,(H,23,25). The summed E-state index contributed by atoms with van der Waals surface area (Å²) in [7, 11) is -3.80. The number of nitrogens with zero attached hydrogens (tertiary/aromatic N) is 1. The Bertz CT molecular complexity index is 1040. The van der Waals surface area contributed by atoms with E-state index in [9.17, 15) is 13.2 Å². The molecule has 2 aromatic carbocycles. The van der Waals surface area contributed by atoms with Crippen LogP contribution in [-0.4, -0.2) is 51.0 Å². The summed E-state index contributed by atoms with van der Waals surface area (Å²) in [6.07, 6.45) is -0.820. The quantitative estimate of drug-likeness (QED) is 0.691. The zero-order valence-corrected chi connectivity index (χ0v) is 18.9. The summed E-state index contributed by atoms with van der Waals surface area (Å²) >= 11 is 12.1. The maximum Gasteiger partial charge on any atom is 0.265 e. The van der Waals surface area contributed by atoms with E-state index in [1.165, 1.54) is 16.4 Å². The Hall–Kier alpha value is -1.84. The Labute approximate surface area is 185 Å². The predicted octanol–water partition coefficient (Wildman–Crippen LogP) is 3.73. The first-order valence-electron chi connectivity index (χ1n) is 9.29. The Morgan fingerprint density at radius 2 is 1.87 bits per heavy atom. The van der Waals surface area contributed by atoms with Crippen molar-refractivity contribution < 1.29 is 22.7 Å². The van der Waals surface area contributed by atoms with Crippen LogP contribution in [0.4, 0.5) is 5.69 Å². The van der Waals surface area contributed by atoms with Crippen molar-refractivity contribution in [2.45, 2.75) is 24.8 Å². The third-order valence-electron chi connectivity index (χ3n) is 4.60. The number of carbonyl (C=O) groups excluding carboxylic acids is 1. The van der Waals surface area contributed by atoms with E-state index in [4.69, 9.17) is 32.7 Å². The minimum absolute atomic E-state index is 0.0639. The zero-order valence-electron chi connectivity index (χ0n) is 16.5. The molecule has 1 aliphatic heterocycles. The van der Waals surface area contributed by atoms with Gasteiger partial charge >= 0.3 is 0 Å². The van der Waals surface area contributed by atoms with E-state index in [-0.39, 0.29) is 23.0 Å². The van der Waals surface area contributed by atoms with Crippen molar-refractivity contribution in [2.75, 3.05) is 31.6 Å². The summed E-state index contributed by atoms with van der Waals surface area (Å²) in [6, 6.07) is 9.44. The average molecular weight is 473 g/mol. The van der Waals surface area contributed by atoms with E-state index in [0.717, 1.165) is 5.56 Å². The van der Waals surface area contributed by atoms with Gasteiger partial charge in [0.25, 0.3) is 5.91 Å². The van der Waals surface area contributed by atoms with Gasteiger partial charge < -0.3 is 14.8 Å². The Kier molecular flexibility index (Phi) is 7.26. The number of ether oxygens (including phenoxy) is 2. The molecule has 1 heterocycles. The first-order valence-corrected chi connectivity index (χ1v) is 11.5. The molecule has 1 saturated heterocycles. The molecule has 1 N–H and O–H groups in total. The highest BCUT2D eigenvalue weighted by Gasteiger charge is 2.29. The van der Waals surface area contributed by atoms with Crippen LogP contribution in [0.25, 0.3) is 0 Å². The second-order valence-electron chi connectivity index (χ2n) is 6.82. The SMILES string of the molecule is Cc1cc(Cl)ccc1OC(C)C(=O)Nc1ccc(Cl)c(S(=O)(=O)N2CCOCC2)c1. The maximum atomic E-state index is 12.9. The first-order chi connectivity index (χ1) is 14.2. The predicted molar refractivity (Wildman–Crippen MR) is 116 cm³/mol. The van der Waals surface area contributed by atoms with Crippen LogP contribution in [0.2, 0.25) is 10.0 Å². The number of halogens is 2. The number of hydrogen-bond acceptors (Lipinski definition) is 5. The van der Waals surface area contributed by atoms with Gasteiger partial charge in [0.2, 0.25) is 10.0 Å². The Balaban J connectivity index is 1.75. The maximum absolute atomic E-state index is 12.9. The van der Waals surface area contributed by atoms with Crippen LogP contribution in [0.1, 0.15) is 12.5 Å². The molecule has 1 amide bonds. The fourth-order valence-corrected chi connectivity index (χ4v) is 5.07. The van der Waals surface area contributed by atoms with Crippen LogP contribution in [0.3, 0.4) is 0 Å². The number of rotatable bonds is 6. The lowest BCUT2D eigenvalue weighted by atomic mass is 10.2. The van der Waals surface area contributed by atoms with Crippen LogP contribution >= 0.6 is 23.2 Å². The summed E-state index contributed by atoms with van der Waals surface area (Å²) in [5, 5.41) is 3.34. The van der Waals surface area contributed by atoms with Crippen molar-refractivity contribution >= 4 is 44.8 Å². The van der Waals surface area contributed by atoms with Gasteiger partial charge in [0, 0.05) is 23.8 Å². The number of sulfonamides is 1. The van der Waals surface area contributed by atoms with E-state index >= 15 is 0 Å². The molecule has 0 aliphatic carbocycles. The fourth-order valence-electron chi connectivity index (χ4n) is 2.94. The summed E-state index contributed by atoms with van der Waals surface area (Å²) in [6.45, 7) is 4.58. The number of hydrogen-bond donors (Lipinski definition) is 1. The van der Waals surface area contributed by atoms with Gasteiger partial charge in [0.15, 0.2) is 6.10 Å². The molecule has 7 nitrogen and oxygen atoms in total. The molecule has 2 aromatic rings. The Morgan fingerprint density at radius 1 is 1.17 bits per heavy atom. The fraction of sp³-hybridized carbons (Fsp3) is 0.350. The van der Waals surface area contributed by atoms with Gasteiger partial charge in [0.05, 0.1) is 18.2 Å². The van der Waals surface area contributed by atoms with Gasteiger partial charge in [-0.05, 0) is 55.8 Å². The second-order valence-corrected chi connectivity index (χ2v) is 9.57. The van der Waals surface area contributed by atoms with Crippen LogP contribution in [-0.2, 0) is 19.6 Å². The van der Waals surface area contributed by atoms with Gasteiger partial charge in [-0.2, -0.15) is 4.31 Å². The third kappa shape index (κ3) is 5.25. The average Bonchev–Trinajstić information content (AvgIpc) is 2.72. The van der Waals surface area contributed by atoms with Gasteiger partial charge in [0.1, 0.15) is 10.6 Å². The minimum atomic E-state index is -3.80. The highest BCUT2D eigenvalue weighted by atomic mass is 35.5. The third-order valence-corrected chi connectivity index (χ3v) is 7.21. The molecule has 3 rings (SSSR count). The number of morpholine rings is 1. The number of aryl methyl sites for hydroxylation is 1. The van der Waals surface area contributed by atoms with Crippen molar-refractivity contribution in [1.82, 2.24) is 4.31 Å². The molecule has 0 radical (unpaired) electrons. The van der Waals surface area contributed by atoms with Gasteiger partial charge in [-0.1, -0.05) is 23.2 Å². The molecule has 1 fully saturated rings. The number of benzene rings is 2. The van der Waals surface area contributed by atoms with E-state index in [1.807, 2.05) is 6.92 Å². The number of carbonyl (C=O) groups is 1. The van der Waals surface area contributed by atoms with E-state index < -0.39 is 22.0 Å². The van der Waals surface area contributed by atoms with Crippen molar-refractivity contribution in [3.63, 3.8) is 0 Å². The smallest absolute Gasteiger partial charge is 0.265 e. The lowest BCUT2D eigenvalue weighted by Crippen LogP contribution is -2.40. The van der Waals surface area contributed by atoms with Crippen LogP contribution < -0.4 is 10.1 Å². The van der Waals surface area contributed by atoms with Crippen LogP contribution in [0.15, 0.2) is 41.3 Å².